The van der Waals surface area contributed by atoms with E-state index in [1.807, 2.05) is 0 Å². The van der Waals surface area contributed by atoms with Crippen molar-refractivity contribution < 1.29 is 9.90 Å². The molecule has 0 unspecified atom stereocenters. The summed E-state index contributed by atoms with van der Waals surface area (Å²) in [5, 5.41) is 9.44. The van der Waals surface area contributed by atoms with Crippen LogP contribution in [0.3, 0.4) is 0 Å². The smallest absolute Gasteiger partial charge is 0.303 e. The lowest BCUT2D eigenvalue weighted by atomic mass is 10.0. The van der Waals surface area contributed by atoms with Crippen LogP contribution in [0.2, 0.25) is 0 Å². The summed E-state index contributed by atoms with van der Waals surface area (Å²) in [6.07, 6.45) is 2.27. The van der Waals surface area contributed by atoms with Crippen molar-refractivity contribution in [3.05, 3.63) is 80.9 Å². The number of aromatic amines is 3. The summed E-state index contributed by atoms with van der Waals surface area (Å²) < 4.78 is 0. The van der Waals surface area contributed by atoms with Gasteiger partial charge in [0.2, 0.25) is 0 Å². The predicted octanol–water partition coefficient (Wildman–Crippen LogP) is 9.15. The first-order valence-corrected chi connectivity index (χ1v) is 15.5. The molecule has 0 amide bonds. The van der Waals surface area contributed by atoms with Gasteiger partial charge in [-0.1, -0.05) is 13.8 Å². The molecule has 0 radical (unpaired) electrons. The van der Waals surface area contributed by atoms with Crippen molar-refractivity contribution in [3.63, 3.8) is 0 Å². The second-order valence-corrected chi connectivity index (χ2v) is 12.1. The van der Waals surface area contributed by atoms with E-state index in [1.165, 1.54) is 33.4 Å². The summed E-state index contributed by atoms with van der Waals surface area (Å²) in [6, 6.07) is 10.6. The lowest BCUT2D eigenvalue weighted by Gasteiger charge is -2.01. The first-order valence-electron chi connectivity index (χ1n) is 15.5. The highest BCUT2D eigenvalue weighted by molar-refractivity contribution is 5.98. The minimum atomic E-state index is -0.812. The van der Waals surface area contributed by atoms with Crippen molar-refractivity contribution in [2.45, 2.75) is 81.1 Å². The molecule has 2 aliphatic heterocycles. The minimum Gasteiger partial charge on any atom is -0.481 e. The number of hydrogen-bond donors (Lipinski definition) is 4. The van der Waals surface area contributed by atoms with E-state index in [1.54, 1.807) is 0 Å². The number of aliphatic carboxylic acids is 1. The molecule has 0 saturated heterocycles. The highest BCUT2D eigenvalue weighted by atomic mass is 16.4. The van der Waals surface area contributed by atoms with Crippen LogP contribution in [0.5, 0.6) is 0 Å². The third-order valence-corrected chi connectivity index (χ3v) is 9.62. The third-order valence-electron chi connectivity index (χ3n) is 9.62. The molecule has 6 rings (SSSR count). The molecule has 4 aromatic rings. The van der Waals surface area contributed by atoms with Gasteiger partial charge in [-0.05, 0) is 141 Å². The number of fused-ring (bicyclic) bond motifs is 11. The fourth-order valence-electron chi connectivity index (χ4n) is 6.63. The summed E-state index contributed by atoms with van der Waals surface area (Å²) in [5.41, 5.74) is 20.3. The van der Waals surface area contributed by atoms with Gasteiger partial charge in [-0.25, -0.2) is 9.97 Å². The SMILES string of the molecule is CCC1=C(C)c2nc1cc1nc(cc3[nH]c(cc3CCC(=O)O)cc3[nH]c(cc4[nH]c2c(C)c4CC)c(C)c3C)C(C)=C1C. The molecule has 0 saturated carbocycles. The highest BCUT2D eigenvalue weighted by Crippen LogP contribution is 2.37. The van der Waals surface area contributed by atoms with Crippen molar-refractivity contribution in [2.75, 3.05) is 0 Å². The third kappa shape index (κ3) is 4.90. The van der Waals surface area contributed by atoms with Gasteiger partial charge in [0.1, 0.15) is 0 Å². The maximum Gasteiger partial charge on any atom is 0.303 e. The lowest BCUT2D eigenvalue weighted by molar-refractivity contribution is -0.136. The quantitative estimate of drug-likeness (QED) is 0.187. The summed E-state index contributed by atoms with van der Waals surface area (Å²) in [5.74, 6) is -0.812. The fourth-order valence-corrected chi connectivity index (χ4v) is 6.63. The minimum absolute atomic E-state index is 0.0603. The first-order chi connectivity index (χ1) is 21.0. The molecule has 4 aromatic heterocycles. The number of carboxylic acids is 1. The van der Waals surface area contributed by atoms with E-state index in [0.29, 0.717) is 6.42 Å². The van der Waals surface area contributed by atoms with Crippen LogP contribution in [0.1, 0.15) is 98.1 Å². The van der Waals surface area contributed by atoms with Crippen LogP contribution in [-0.4, -0.2) is 36.0 Å². The van der Waals surface area contributed by atoms with Gasteiger partial charge < -0.3 is 20.1 Å². The van der Waals surface area contributed by atoms with Crippen LogP contribution >= 0.6 is 0 Å². The maximum absolute atomic E-state index is 11.5. The Labute approximate surface area is 257 Å². The molecule has 2 aliphatic rings. The van der Waals surface area contributed by atoms with Gasteiger partial charge in [0.25, 0.3) is 0 Å². The number of nitrogens with one attached hydrogen (secondary N) is 3. The Morgan fingerprint density at radius 3 is 2.02 bits per heavy atom. The summed E-state index contributed by atoms with van der Waals surface area (Å²) in [6.45, 7) is 17.3. The van der Waals surface area contributed by atoms with Crippen LogP contribution in [0.4, 0.5) is 0 Å². The zero-order chi connectivity index (χ0) is 31.4. The molecule has 10 bridgehead atoms. The molecule has 44 heavy (non-hydrogen) atoms. The number of hydrogen-bond acceptors (Lipinski definition) is 3. The standard InChI is InChI=1S/C37H41N5O2/c1-9-26-22(7)36-37-23(8)27(10-2)34(42-37)17-31-21(6)20(5)29(40-31)15-32-24(11-12-35(43)44)13-25(38-32)14-28-18(3)19(4)30(39-28)16-33(26)41-36/h13-17,38-39,41H,9-12H2,1-8H3,(H,43,44). The van der Waals surface area contributed by atoms with Gasteiger partial charge in [0.15, 0.2) is 0 Å². The Morgan fingerprint density at radius 2 is 1.36 bits per heavy atom. The molecule has 7 heteroatoms. The van der Waals surface area contributed by atoms with Gasteiger partial charge >= 0.3 is 5.97 Å². The second kappa shape index (κ2) is 11.1. The number of carboxylic acid groups (broad SMARTS) is 1. The van der Waals surface area contributed by atoms with Crippen LogP contribution in [-0.2, 0) is 17.6 Å². The number of carbonyl (C=O) groups is 1. The molecule has 0 aromatic carbocycles. The number of aromatic nitrogens is 5. The van der Waals surface area contributed by atoms with Gasteiger partial charge in [-0.3, -0.25) is 4.79 Å². The lowest BCUT2D eigenvalue weighted by Crippen LogP contribution is -1.96. The number of rotatable bonds is 5. The number of H-pyrrole nitrogens is 3. The van der Waals surface area contributed by atoms with Gasteiger partial charge in [-0.2, -0.15) is 0 Å². The van der Waals surface area contributed by atoms with E-state index in [2.05, 4.69) is 101 Å². The molecule has 7 nitrogen and oxygen atoms in total. The molecule has 0 aliphatic carbocycles. The van der Waals surface area contributed by atoms with Crippen LogP contribution in [0.25, 0.3) is 55.4 Å². The second-order valence-electron chi connectivity index (χ2n) is 12.1. The van der Waals surface area contributed by atoms with E-state index in [-0.39, 0.29) is 6.42 Å². The molecule has 0 fully saturated rings. The van der Waals surface area contributed by atoms with Gasteiger partial charge in [-0.15, -0.1) is 0 Å². The van der Waals surface area contributed by atoms with Crippen LogP contribution in [0, 0.1) is 20.8 Å². The Bertz CT molecular complexity index is 2130. The molecular weight excluding hydrogens is 546 g/mol. The monoisotopic (exact) mass is 587 g/mol. The van der Waals surface area contributed by atoms with Crippen molar-refractivity contribution >= 4 is 61.4 Å². The zero-order valence-corrected chi connectivity index (χ0v) is 27.0. The molecule has 226 valence electrons. The largest absolute Gasteiger partial charge is 0.481 e. The van der Waals surface area contributed by atoms with Crippen LogP contribution in [0.15, 0.2) is 30.3 Å². The normalized spacial score (nSPS) is 13.4. The molecule has 0 spiro atoms. The molecule has 0 atom stereocenters. The Hall–Kier alpha value is -4.65. The van der Waals surface area contributed by atoms with Crippen molar-refractivity contribution in [2.24, 2.45) is 0 Å². The molecule has 4 N–H and O–H groups in total. The summed E-state index contributed by atoms with van der Waals surface area (Å²) in [4.78, 5) is 32.8. The maximum atomic E-state index is 11.5. The molecule has 6 heterocycles. The van der Waals surface area contributed by atoms with E-state index in [0.717, 1.165) is 85.4 Å². The zero-order valence-electron chi connectivity index (χ0n) is 27.0. The number of nitrogens with zero attached hydrogens (tertiary/aromatic N) is 2. The van der Waals surface area contributed by atoms with E-state index in [4.69, 9.17) is 9.97 Å². The van der Waals surface area contributed by atoms with E-state index < -0.39 is 5.97 Å². The van der Waals surface area contributed by atoms with Crippen molar-refractivity contribution in [3.8, 4) is 0 Å². The summed E-state index contributed by atoms with van der Waals surface area (Å²) in [7, 11) is 0. The molecular formula is C37H41N5O2. The van der Waals surface area contributed by atoms with E-state index in [9.17, 15) is 9.90 Å². The highest BCUT2D eigenvalue weighted by Gasteiger charge is 2.21. The Morgan fingerprint density at radius 1 is 0.682 bits per heavy atom. The number of allylic oxidation sites excluding steroid dienone is 4. The topological polar surface area (TPSA) is 110 Å². The summed E-state index contributed by atoms with van der Waals surface area (Å²) >= 11 is 0. The number of aryl methyl sites for hydroxylation is 5. The average Bonchev–Trinajstić information content (AvgIpc) is 3.74. The fraction of sp³-hybridized carbons (Fsp3) is 0.324. The Balaban J connectivity index is 1.78. The van der Waals surface area contributed by atoms with E-state index >= 15 is 0 Å². The van der Waals surface area contributed by atoms with Crippen LogP contribution < -0.4 is 0 Å². The van der Waals surface area contributed by atoms with Crippen molar-refractivity contribution in [1.82, 2.24) is 24.9 Å². The van der Waals surface area contributed by atoms with Crippen molar-refractivity contribution in [1.29, 1.82) is 0 Å². The van der Waals surface area contributed by atoms with Gasteiger partial charge in [0.05, 0.1) is 28.3 Å². The Kier molecular flexibility index (Phi) is 7.44. The predicted molar refractivity (Wildman–Crippen MR) is 182 cm³/mol. The average molecular weight is 588 g/mol. The van der Waals surface area contributed by atoms with Gasteiger partial charge in [0, 0.05) is 34.0 Å². The first kappa shape index (κ1) is 29.4.